The number of benzene rings is 3. The number of rotatable bonds is 6. The fraction of sp³-hybridized carbons (Fsp3) is 0.400. The van der Waals surface area contributed by atoms with E-state index < -0.39 is 25.7 Å². The Kier molecular flexibility index (Phi) is 7.68. The van der Waals surface area contributed by atoms with E-state index in [-0.39, 0.29) is 16.6 Å². The van der Waals surface area contributed by atoms with Crippen LogP contribution in [0, 0.1) is 20.8 Å². The second-order valence-corrected chi connectivity index (χ2v) is 23.0. The first-order chi connectivity index (χ1) is 16.9. The molecule has 1 aliphatic rings. The Morgan fingerprint density at radius 1 is 0.389 bits per heavy atom. The van der Waals surface area contributed by atoms with Crippen molar-refractivity contribution in [2.45, 2.75) is 78.9 Å². The molecular formula is C30H42O3Si3. The van der Waals surface area contributed by atoms with Gasteiger partial charge in [-0.1, -0.05) is 131 Å². The van der Waals surface area contributed by atoms with Crippen molar-refractivity contribution in [2.75, 3.05) is 0 Å². The van der Waals surface area contributed by atoms with Crippen LogP contribution in [0.15, 0.2) is 72.8 Å². The molecule has 1 aliphatic heterocycles. The molecule has 0 bridgehead atoms. The van der Waals surface area contributed by atoms with Crippen molar-refractivity contribution in [3.05, 3.63) is 89.5 Å². The normalized spacial score (nSPS) is 26.7. The third kappa shape index (κ3) is 4.64. The summed E-state index contributed by atoms with van der Waals surface area (Å²) in [4.78, 5) is 0. The van der Waals surface area contributed by atoms with Gasteiger partial charge in [-0.3, -0.25) is 0 Å². The molecule has 0 amide bonds. The van der Waals surface area contributed by atoms with E-state index >= 15 is 0 Å². The van der Waals surface area contributed by atoms with Crippen LogP contribution >= 0.6 is 0 Å². The lowest BCUT2D eigenvalue weighted by Gasteiger charge is -2.57. The zero-order valence-corrected chi connectivity index (χ0v) is 26.4. The van der Waals surface area contributed by atoms with Gasteiger partial charge in [0.1, 0.15) is 0 Å². The molecular weight excluding hydrogens is 493 g/mol. The Balaban J connectivity index is 2.06. The standard InChI is InChI=1S/C30H42O3Si3/c1-22(2)34(28-16-10-25(7)11-17-28)31-35(23(3)4,29-18-12-26(8)13-19-29)33-36(32-34,24(5)6)30-20-14-27(9)15-21-30/h10-24H,1-9H3. The van der Waals surface area contributed by atoms with E-state index in [1.165, 1.54) is 32.3 Å². The van der Waals surface area contributed by atoms with Gasteiger partial charge in [-0.2, -0.15) is 0 Å². The van der Waals surface area contributed by atoms with E-state index in [2.05, 4.69) is 135 Å². The Morgan fingerprint density at radius 2 is 0.583 bits per heavy atom. The summed E-state index contributed by atoms with van der Waals surface area (Å²) in [5.74, 6) is 0. The highest BCUT2D eigenvalue weighted by molar-refractivity contribution is 7.07. The summed E-state index contributed by atoms with van der Waals surface area (Å²) in [5.41, 5.74) is 4.39. The molecule has 36 heavy (non-hydrogen) atoms. The first-order valence-corrected chi connectivity index (χ1v) is 19.0. The maximum Gasteiger partial charge on any atom is 0.358 e. The van der Waals surface area contributed by atoms with Crippen molar-refractivity contribution in [3.63, 3.8) is 0 Å². The van der Waals surface area contributed by atoms with Gasteiger partial charge < -0.3 is 12.3 Å². The highest BCUT2D eigenvalue weighted by Gasteiger charge is 2.67. The number of aryl methyl sites for hydroxylation is 3. The second kappa shape index (κ2) is 10.2. The highest BCUT2D eigenvalue weighted by Crippen LogP contribution is 2.44. The van der Waals surface area contributed by atoms with Gasteiger partial charge in [0.05, 0.1) is 0 Å². The maximum atomic E-state index is 7.56. The van der Waals surface area contributed by atoms with Crippen LogP contribution in [0.5, 0.6) is 0 Å². The minimum absolute atomic E-state index is 0.219. The summed E-state index contributed by atoms with van der Waals surface area (Å²) in [5, 5.41) is 3.63. The SMILES string of the molecule is Cc1ccc([Si]2(C(C)C)O[Si](c3ccc(C)cc3)(C(C)C)O[Si](c3ccc(C)cc3)(C(C)C)O2)cc1. The molecule has 4 rings (SSSR count). The second-order valence-electron chi connectivity index (χ2n) is 11.4. The van der Waals surface area contributed by atoms with Crippen molar-refractivity contribution >= 4 is 41.2 Å². The van der Waals surface area contributed by atoms with Crippen molar-refractivity contribution in [2.24, 2.45) is 0 Å². The average Bonchev–Trinajstić information content (AvgIpc) is 2.84. The Bertz CT molecular complexity index is 1010. The lowest BCUT2D eigenvalue weighted by Crippen LogP contribution is -2.82. The smallest absolute Gasteiger partial charge is 0.358 e. The van der Waals surface area contributed by atoms with E-state index in [1.54, 1.807) is 0 Å². The molecule has 0 aliphatic carbocycles. The van der Waals surface area contributed by atoms with Crippen molar-refractivity contribution in [1.29, 1.82) is 0 Å². The Morgan fingerprint density at radius 3 is 0.750 bits per heavy atom. The zero-order chi connectivity index (χ0) is 26.3. The van der Waals surface area contributed by atoms with Gasteiger partial charge in [0.2, 0.25) is 0 Å². The summed E-state index contributed by atoms with van der Waals surface area (Å²) in [6.45, 7) is 20.1. The molecule has 192 valence electrons. The van der Waals surface area contributed by atoms with Crippen molar-refractivity contribution < 1.29 is 12.3 Å². The summed E-state index contributed by atoms with van der Waals surface area (Å²) >= 11 is 0. The molecule has 0 unspecified atom stereocenters. The number of hydrogen-bond donors (Lipinski definition) is 0. The third-order valence-electron chi connectivity index (χ3n) is 7.55. The van der Waals surface area contributed by atoms with Gasteiger partial charge in [0.15, 0.2) is 0 Å². The van der Waals surface area contributed by atoms with Gasteiger partial charge in [0.25, 0.3) is 0 Å². The lowest BCUT2D eigenvalue weighted by molar-refractivity contribution is 0.220. The summed E-state index contributed by atoms with van der Waals surface area (Å²) < 4.78 is 22.7. The van der Waals surface area contributed by atoms with Crippen LogP contribution in [-0.2, 0) is 12.3 Å². The monoisotopic (exact) mass is 534 g/mol. The molecule has 1 fully saturated rings. The lowest BCUT2D eigenvalue weighted by atomic mass is 10.2. The fourth-order valence-corrected chi connectivity index (χ4v) is 24.6. The molecule has 3 aromatic carbocycles. The topological polar surface area (TPSA) is 27.7 Å². The Hall–Kier alpha value is -1.81. The molecule has 0 N–H and O–H groups in total. The van der Waals surface area contributed by atoms with Crippen LogP contribution in [-0.4, -0.2) is 25.7 Å². The summed E-state index contributed by atoms with van der Waals surface area (Å²) in [7, 11) is -8.85. The minimum Gasteiger partial charge on any atom is -0.408 e. The van der Waals surface area contributed by atoms with Gasteiger partial charge in [0, 0.05) is 0 Å². The molecule has 0 atom stereocenters. The van der Waals surface area contributed by atoms with Gasteiger partial charge >= 0.3 is 25.7 Å². The molecule has 6 heteroatoms. The van der Waals surface area contributed by atoms with Gasteiger partial charge in [-0.05, 0) is 53.0 Å². The van der Waals surface area contributed by atoms with Gasteiger partial charge in [-0.15, -0.1) is 0 Å². The molecule has 0 radical (unpaired) electrons. The van der Waals surface area contributed by atoms with E-state index in [0.717, 1.165) is 0 Å². The zero-order valence-electron chi connectivity index (χ0n) is 23.4. The summed E-state index contributed by atoms with van der Waals surface area (Å²) in [6, 6.07) is 26.7. The van der Waals surface area contributed by atoms with E-state index in [1.807, 2.05) is 0 Å². The van der Waals surface area contributed by atoms with Crippen LogP contribution in [0.4, 0.5) is 0 Å². The van der Waals surface area contributed by atoms with E-state index in [0.29, 0.717) is 0 Å². The van der Waals surface area contributed by atoms with Crippen LogP contribution < -0.4 is 15.6 Å². The predicted octanol–water partition coefficient (Wildman–Crippen LogP) is 6.25. The molecule has 1 heterocycles. The van der Waals surface area contributed by atoms with E-state index in [4.69, 9.17) is 12.3 Å². The first kappa shape index (κ1) is 27.2. The quantitative estimate of drug-likeness (QED) is 0.350. The van der Waals surface area contributed by atoms with E-state index in [9.17, 15) is 0 Å². The third-order valence-corrected chi connectivity index (χ3v) is 22.8. The van der Waals surface area contributed by atoms with Crippen LogP contribution in [0.3, 0.4) is 0 Å². The fourth-order valence-electron chi connectivity index (χ4n) is 5.16. The Labute approximate surface area is 221 Å². The average molecular weight is 535 g/mol. The van der Waals surface area contributed by atoms with Gasteiger partial charge in [-0.25, -0.2) is 0 Å². The van der Waals surface area contributed by atoms with Crippen LogP contribution in [0.1, 0.15) is 58.2 Å². The number of hydrogen-bond acceptors (Lipinski definition) is 3. The molecule has 1 saturated heterocycles. The molecule has 0 aromatic heterocycles. The maximum absolute atomic E-state index is 7.56. The summed E-state index contributed by atoms with van der Waals surface area (Å²) in [6.07, 6.45) is 0. The highest BCUT2D eigenvalue weighted by atomic mass is 28.5. The molecule has 3 aromatic rings. The predicted molar refractivity (Wildman–Crippen MR) is 158 cm³/mol. The van der Waals surface area contributed by atoms with Crippen molar-refractivity contribution in [3.8, 4) is 0 Å². The first-order valence-electron chi connectivity index (χ1n) is 13.3. The molecule has 3 nitrogen and oxygen atoms in total. The molecule has 0 spiro atoms. The van der Waals surface area contributed by atoms with Crippen LogP contribution in [0.2, 0.25) is 16.6 Å². The van der Waals surface area contributed by atoms with Crippen LogP contribution in [0.25, 0.3) is 0 Å². The van der Waals surface area contributed by atoms with Crippen molar-refractivity contribution in [1.82, 2.24) is 0 Å². The molecule has 0 saturated carbocycles. The largest absolute Gasteiger partial charge is 0.408 e. The minimum atomic E-state index is -2.95.